The minimum absolute atomic E-state index is 0.225. The van der Waals surface area contributed by atoms with Crippen molar-refractivity contribution >= 4 is 51.3 Å². The number of hydrogen-bond donors (Lipinski definition) is 4. The Bertz CT molecular complexity index is 1870. The summed E-state index contributed by atoms with van der Waals surface area (Å²) in [5.74, 6) is -0.401. The minimum atomic E-state index is -0.629. The van der Waals surface area contributed by atoms with Crippen LogP contribution in [0, 0.1) is 6.92 Å². The first kappa shape index (κ1) is 28.9. The molecule has 0 atom stereocenters. The average Bonchev–Trinajstić information content (AvgIpc) is 3.56. The third-order valence-corrected chi connectivity index (χ3v) is 6.84. The number of rotatable bonds is 10. The van der Waals surface area contributed by atoms with E-state index < -0.39 is 5.91 Å². The van der Waals surface area contributed by atoms with Gasteiger partial charge in [-0.2, -0.15) is 5.10 Å². The van der Waals surface area contributed by atoms with Crippen LogP contribution in [0.2, 0.25) is 0 Å². The van der Waals surface area contributed by atoms with Gasteiger partial charge in [0.25, 0.3) is 5.91 Å². The number of nitrogens with one attached hydrogen (secondary N) is 3. The molecule has 0 spiro atoms. The molecule has 2 heterocycles. The van der Waals surface area contributed by atoms with Gasteiger partial charge < -0.3 is 25.7 Å². The van der Waals surface area contributed by atoms with Crippen LogP contribution in [0.5, 0.6) is 5.75 Å². The Balaban J connectivity index is 1.35. The number of carbonyl (C=O) groups excluding carboxylic acids is 3. The number of aryl methyl sites for hydroxylation is 2. The first-order valence-electron chi connectivity index (χ1n) is 13.7. The first-order chi connectivity index (χ1) is 20.8. The maximum atomic E-state index is 13.2. The summed E-state index contributed by atoms with van der Waals surface area (Å²) in [7, 11) is 1.48. The molecule has 12 heteroatoms. The molecule has 0 aliphatic carbocycles. The van der Waals surface area contributed by atoms with E-state index in [0.29, 0.717) is 40.4 Å². The van der Waals surface area contributed by atoms with E-state index in [1.54, 1.807) is 27.5 Å². The molecule has 0 saturated carbocycles. The maximum Gasteiger partial charge on any atom is 0.319 e. The largest absolute Gasteiger partial charge is 0.494 e. The van der Waals surface area contributed by atoms with Crippen molar-refractivity contribution in [3.8, 4) is 5.75 Å². The van der Waals surface area contributed by atoms with Crippen LogP contribution >= 0.6 is 0 Å². The van der Waals surface area contributed by atoms with Gasteiger partial charge in [0, 0.05) is 30.6 Å². The highest BCUT2D eigenvalue weighted by Gasteiger charge is 2.21. The van der Waals surface area contributed by atoms with E-state index in [1.807, 2.05) is 62.4 Å². The number of primary amides is 1. The highest BCUT2D eigenvalue weighted by atomic mass is 16.5. The summed E-state index contributed by atoms with van der Waals surface area (Å²) in [6.07, 6.45) is 3.62. The maximum absolute atomic E-state index is 13.2. The molecule has 0 bridgehead atoms. The number of fused-ring (bicyclic) bond motifs is 2. The van der Waals surface area contributed by atoms with Crippen LogP contribution in [-0.2, 0) is 13.1 Å². The van der Waals surface area contributed by atoms with E-state index in [1.165, 1.54) is 13.2 Å². The van der Waals surface area contributed by atoms with Gasteiger partial charge in [0.1, 0.15) is 17.0 Å². The van der Waals surface area contributed by atoms with Crippen molar-refractivity contribution in [1.82, 2.24) is 24.6 Å². The fourth-order valence-corrected chi connectivity index (χ4v) is 4.85. The molecular formula is C31H32N8O4. The van der Waals surface area contributed by atoms with Crippen LogP contribution in [0.25, 0.3) is 21.8 Å². The Hall–Kier alpha value is -5.65. The van der Waals surface area contributed by atoms with Gasteiger partial charge in [-0.15, -0.1) is 0 Å². The number of imidazole rings is 1. The minimum Gasteiger partial charge on any atom is -0.494 e. The third kappa shape index (κ3) is 6.17. The fourth-order valence-electron chi connectivity index (χ4n) is 4.85. The fraction of sp³-hybridized carbons (Fsp3) is 0.194. The molecule has 0 fully saturated rings. The highest BCUT2D eigenvalue weighted by Crippen LogP contribution is 2.31. The summed E-state index contributed by atoms with van der Waals surface area (Å²) in [4.78, 5) is 42.3. The van der Waals surface area contributed by atoms with Crippen LogP contribution in [0.15, 0.2) is 72.8 Å². The second kappa shape index (κ2) is 12.5. The van der Waals surface area contributed by atoms with E-state index in [-0.39, 0.29) is 36.5 Å². The third-order valence-electron chi connectivity index (χ3n) is 6.84. The number of nitrogens with two attached hydrogens (primary N) is 1. The second-order valence-corrected chi connectivity index (χ2v) is 9.73. The van der Waals surface area contributed by atoms with E-state index >= 15 is 0 Å². The molecule has 12 nitrogen and oxygen atoms in total. The van der Waals surface area contributed by atoms with E-state index in [2.05, 4.69) is 26.0 Å². The summed E-state index contributed by atoms with van der Waals surface area (Å²) in [5, 5.41) is 14.9. The molecule has 5 rings (SSSR count). The standard InChI is InChI=1S/C31H32N8O4/c1-4-39-25(16-19(2)37-39)29(41)36-30-34-24-17-21(28(32)40)18-26(43-3)27(24)38(30)15-8-7-14-33-31(42)35-23-13-9-11-20-10-5-6-12-22(20)23/h5-13,16-18H,4,14-15H2,1-3H3,(H2,32,40)(H2,33,35,42)(H,34,36,41)/b8-7+. The molecule has 5 N–H and O–H groups in total. The Morgan fingerprint density at radius 3 is 2.58 bits per heavy atom. The molecule has 0 aliphatic rings. The number of ether oxygens (including phenoxy) is 1. The number of hydrogen-bond acceptors (Lipinski definition) is 6. The zero-order chi connectivity index (χ0) is 30.5. The van der Waals surface area contributed by atoms with E-state index in [0.717, 1.165) is 10.8 Å². The van der Waals surface area contributed by atoms with Gasteiger partial charge >= 0.3 is 6.03 Å². The van der Waals surface area contributed by atoms with E-state index in [4.69, 9.17) is 10.5 Å². The summed E-state index contributed by atoms with van der Waals surface area (Å²) in [6.45, 7) is 4.76. The first-order valence-corrected chi connectivity index (χ1v) is 13.7. The summed E-state index contributed by atoms with van der Waals surface area (Å²) >= 11 is 0. The molecule has 0 saturated heterocycles. The van der Waals surface area contributed by atoms with Crippen molar-refractivity contribution in [1.29, 1.82) is 0 Å². The van der Waals surface area contributed by atoms with Crippen LogP contribution < -0.4 is 26.4 Å². The summed E-state index contributed by atoms with van der Waals surface area (Å²) in [6, 6.07) is 18.0. The molecule has 43 heavy (non-hydrogen) atoms. The van der Waals surface area contributed by atoms with E-state index in [9.17, 15) is 14.4 Å². The predicted octanol–water partition coefficient (Wildman–Crippen LogP) is 4.45. The summed E-state index contributed by atoms with van der Waals surface area (Å²) in [5.41, 5.74) is 8.55. The lowest BCUT2D eigenvalue weighted by atomic mass is 10.1. The van der Waals surface area contributed by atoms with Gasteiger partial charge in [-0.3, -0.25) is 19.6 Å². The second-order valence-electron chi connectivity index (χ2n) is 9.73. The van der Waals surface area contributed by atoms with Gasteiger partial charge in [-0.25, -0.2) is 9.78 Å². The zero-order valence-corrected chi connectivity index (χ0v) is 24.0. The van der Waals surface area contributed by atoms with Crippen LogP contribution in [0.1, 0.15) is 33.5 Å². The predicted molar refractivity (Wildman–Crippen MR) is 166 cm³/mol. The van der Waals surface area contributed by atoms with Crippen LogP contribution in [0.4, 0.5) is 16.4 Å². The molecule has 2 aromatic heterocycles. The number of aromatic nitrogens is 4. The van der Waals surface area contributed by atoms with Gasteiger partial charge in [0.15, 0.2) is 0 Å². The molecule has 220 valence electrons. The number of anilines is 2. The van der Waals surface area contributed by atoms with Gasteiger partial charge in [-0.1, -0.05) is 48.6 Å². The molecular weight excluding hydrogens is 548 g/mol. The van der Waals surface area contributed by atoms with Crippen molar-refractivity contribution in [3.05, 3.63) is 89.8 Å². The van der Waals surface area contributed by atoms with Gasteiger partial charge in [0.05, 0.1) is 24.0 Å². The number of amides is 4. The summed E-state index contributed by atoms with van der Waals surface area (Å²) < 4.78 is 8.93. The number of allylic oxidation sites excluding steroid dienone is 1. The van der Waals surface area contributed by atoms with Crippen LogP contribution in [-0.4, -0.2) is 50.8 Å². The lowest BCUT2D eigenvalue weighted by Crippen LogP contribution is -2.28. The molecule has 0 unspecified atom stereocenters. The topological polar surface area (TPSA) is 158 Å². The van der Waals surface area contributed by atoms with Crippen molar-refractivity contribution in [2.45, 2.75) is 26.9 Å². The monoisotopic (exact) mass is 580 g/mol. The molecule has 3 aromatic carbocycles. The smallest absolute Gasteiger partial charge is 0.319 e. The van der Waals surface area contributed by atoms with Crippen molar-refractivity contribution in [2.24, 2.45) is 5.73 Å². The van der Waals surface area contributed by atoms with Crippen LogP contribution in [0.3, 0.4) is 0 Å². The van der Waals surface area contributed by atoms with Crippen molar-refractivity contribution < 1.29 is 19.1 Å². The molecule has 5 aromatic rings. The Morgan fingerprint density at radius 2 is 1.81 bits per heavy atom. The number of benzene rings is 3. The Kier molecular flexibility index (Phi) is 8.37. The number of urea groups is 1. The van der Waals surface area contributed by atoms with Gasteiger partial charge in [0.2, 0.25) is 11.9 Å². The molecule has 0 aliphatic heterocycles. The Morgan fingerprint density at radius 1 is 1.02 bits per heavy atom. The lowest BCUT2D eigenvalue weighted by Gasteiger charge is -2.11. The quantitative estimate of drug-likeness (QED) is 0.179. The highest BCUT2D eigenvalue weighted by molar-refractivity contribution is 6.04. The SMILES string of the molecule is CCn1nc(C)cc1C(=O)Nc1nc2cc(C(N)=O)cc(OC)c2n1C/C=C/CNC(=O)Nc1cccc2ccccc12. The lowest BCUT2D eigenvalue weighted by molar-refractivity contribution is 0.0995. The number of carbonyl (C=O) groups is 3. The number of methoxy groups -OCH3 is 1. The zero-order valence-electron chi connectivity index (χ0n) is 24.0. The van der Waals surface area contributed by atoms with Crippen molar-refractivity contribution in [2.75, 3.05) is 24.3 Å². The van der Waals surface area contributed by atoms with Crippen molar-refractivity contribution in [3.63, 3.8) is 0 Å². The Labute approximate surface area is 247 Å². The van der Waals surface area contributed by atoms with Gasteiger partial charge in [-0.05, 0) is 43.5 Å². The normalized spacial score (nSPS) is 11.2. The number of nitrogens with zero attached hydrogens (tertiary/aromatic N) is 4. The molecule has 0 radical (unpaired) electrons. The average molecular weight is 581 g/mol. The molecule has 4 amide bonds.